The van der Waals surface area contributed by atoms with Gasteiger partial charge in [-0.25, -0.2) is 0 Å². The van der Waals surface area contributed by atoms with Gasteiger partial charge in [-0.1, -0.05) is 18.2 Å². The fraction of sp³-hybridized carbons (Fsp3) is 0.389. The van der Waals surface area contributed by atoms with Gasteiger partial charge in [0.2, 0.25) is 0 Å². The Hall–Kier alpha value is -1.67. The van der Waals surface area contributed by atoms with Crippen LogP contribution in [-0.2, 0) is 24.9 Å². The SMILES string of the molecule is CC(O)(Cc1ccncc1)c1ccc2c(c1)CCCC2. The van der Waals surface area contributed by atoms with Crippen molar-refractivity contribution in [2.24, 2.45) is 0 Å². The molecule has 0 aliphatic heterocycles. The molecule has 0 amide bonds. The molecule has 2 aromatic rings. The van der Waals surface area contributed by atoms with Gasteiger partial charge in [-0.3, -0.25) is 4.98 Å². The molecule has 0 spiro atoms. The molecule has 1 atom stereocenters. The van der Waals surface area contributed by atoms with Gasteiger partial charge in [0.25, 0.3) is 0 Å². The van der Waals surface area contributed by atoms with E-state index < -0.39 is 5.60 Å². The molecule has 2 heteroatoms. The Morgan fingerprint density at radius 1 is 1.05 bits per heavy atom. The zero-order chi connectivity index (χ0) is 14.0. The molecule has 1 aromatic heterocycles. The Labute approximate surface area is 120 Å². The first-order chi connectivity index (χ1) is 9.65. The average molecular weight is 267 g/mol. The highest BCUT2D eigenvalue weighted by molar-refractivity contribution is 5.37. The maximum atomic E-state index is 10.8. The quantitative estimate of drug-likeness (QED) is 0.924. The monoisotopic (exact) mass is 267 g/mol. The highest BCUT2D eigenvalue weighted by Gasteiger charge is 2.24. The van der Waals surface area contributed by atoms with Crippen LogP contribution in [-0.4, -0.2) is 10.1 Å². The van der Waals surface area contributed by atoms with Crippen molar-refractivity contribution < 1.29 is 5.11 Å². The lowest BCUT2D eigenvalue weighted by Crippen LogP contribution is -2.25. The Kier molecular flexibility index (Phi) is 3.58. The minimum absolute atomic E-state index is 0.619. The van der Waals surface area contributed by atoms with E-state index in [1.165, 1.54) is 30.4 Å². The molecule has 0 radical (unpaired) electrons. The molecule has 1 aromatic carbocycles. The molecule has 0 saturated carbocycles. The van der Waals surface area contributed by atoms with E-state index in [1.807, 2.05) is 19.1 Å². The van der Waals surface area contributed by atoms with Crippen molar-refractivity contribution in [1.29, 1.82) is 0 Å². The van der Waals surface area contributed by atoms with Gasteiger partial charge in [-0.2, -0.15) is 0 Å². The third-order valence-electron chi connectivity index (χ3n) is 4.27. The highest BCUT2D eigenvalue weighted by Crippen LogP contribution is 2.29. The first-order valence-corrected chi connectivity index (χ1v) is 7.39. The molecule has 0 bridgehead atoms. The van der Waals surface area contributed by atoms with E-state index in [2.05, 4.69) is 23.2 Å². The van der Waals surface area contributed by atoms with Crippen LogP contribution < -0.4 is 0 Å². The van der Waals surface area contributed by atoms with Gasteiger partial charge in [0, 0.05) is 18.8 Å². The fourth-order valence-electron chi connectivity index (χ4n) is 3.07. The maximum Gasteiger partial charge on any atom is 0.0908 e. The number of hydrogen-bond acceptors (Lipinski definition) is 2. The summed E-state index contributed by atoms with van der Waals surface area (Å²) in [5.41, 5.74) is 4.19. The number of hydrogen-bond donors (Lipinski definition) is 1. The lowest BCUT2D eigenvalue weighted by molar-refractivity contribution is 0.0575. The number of nitrogens with zero attached hydrogens (tertiary/aromatic N) is 1. The second-order valence-electron chi connectivity index (χ2n) is 6.00. The standard InChI is InChI=1S/C18H21NO/c1-18(20,13-14-8-10-19-11-9-14)17-7-6-15-4-2-3-5-16(15)12-17/h6-12,20H,2-5,13H2,1H3. The molecule has 1 unspecified atom stereocenters. The van der Waals surface area contributed by atoms with Crippen LogP contribution in [0, 0.1) is 0 Å². The molecule has 104 valence electrons. The third kappa shape index (κ3) is 2.75. The number of fused-ring (bicyclic) bond motifs is 1. The van der Waals surface area contributed by atoms with Crippen LogP contribution in [0.2, 0.25) is 0 Å². The van der Waals surface area contributed by atoms with E-state index >= 15 is 0 Å². The summed E-state index contributed by atoms with van der Waals surface area (Å²) in [6.45, 7) is 1.90. The molecule has 3 rings (SSSR count). The first-order valence-electron chi connectivity index (χ1n) is 7.39. The van der Waals surface area contributed by atoms with E-state index in [4.69, 9.17) is 0 Å². The minimum atomic E-state index is -0.826. The Bertz CT molecular complexity index is 590. The highest BCUT2D eigenvalue weighted by atomic mass is 16.3. The van der Waals surface area contributed by atoms with Crippen LogP contribution in [0.4, 0.5) is 0 Å². The van der Waals surface area contributed by atoms with Crippen molar-refractivity contribution in [3.05, 3.63) is 65.0 Å². The zero-order valence-electron chi connectivity index (χ0n) is 12.0. The number of rotatable bonds is 3. The second-order valence-corrected chi connectivity index (χ2v) is 6.00. The van der Waals surface area contributed by atoms with Gasteiger partial charge in [-0.05, 0) is 67.0 Å². The molecule has 1 heterocycles. The van der Waals surface area contributed by atoms with E-state index in [-0.39, 0.29) is 0 Å². The van der Waals surface area contributed by atoms with E-state index in [0.717, 1.165) is 17.5 Å². The number of aromatic nitrogens is 1. The van der Waals surface area contributed by atoms with Gasteiger partial charge in [-0.15, -0.1) is 0 Å². The smallest absolute Gasteiger partial charge is 0.0908 e. The van der Waals surface area contributed by atoms with E-state index in [9.17, 15) is 5.11 Å². The molecular formula is C18H21NO. The number of aryl methyl sites for hydroxylation is 2. The fourth-order valence-corrected chi connectivity index (χ4v) is 3.07. The molecule has 1 N–H and O–H groups in total. The molecule has 1 aliphatic carbocycles. The van der Waals surface area contributed by atoms with Crippen LogP contribution in [0.15, 0.2) is 42.7 Å². The molecular weight excluding hydrogens is 246 g/mol. The molecule has 0 saturated heterocycles. The summed E-state index contributed by atoms with van der Waals surface area (Å²) in [6, 6.07) is 10.4. The molecule has 1 aliphatic rings. The second kappa shape index (κ2) is 5.37. The van der Waals surface area contributed by atoms with Crippen LogP contribution in [0.25, 0.3) is 0 Å². The normalized spacial score (nSPS) is 17.3. The van der Waals surface area contributed by atoms with Crippen molar-refractivity contribution in [2.45, 2.75) is 44.6 Å². The van der Waals surface area contributed by atoms with Crippen molar-refractivity contribution >= 4 is 0 Å². The number of aliphatic hydroxyl groups is 1. The van der Waals surface area contributed by atoms with Crippen molar-refractivity contribution in [3.63, 3.8) is 0 Å². The Morgan fingerprint density at radius 3 is 2.50 bits per heavy atom. The summed E-state index contributed by atoms with van der Waals surface area (Å²) in [7, 11) is 0. The summed E-state index contributed by atoms with van der Waals surface area (Å²) < 4.78 is 0. The van der Waals surface area contributed by atoms with Crippen molar-refractivity contribution in [3.8, 4) is 0 Å². The van der Waals surface area contributed by atoms with Gasteiger partial charge < -0.3 is 5.11 Å². The van der Waals surface area contributed by atoms with Crippen molar-refractivity contribution in [2.75, 3.05) is 0 Å². The summed E-state index contributed by atoms with van der Waals surface area (Å²) in [5, 5.41) is 10.8. The Balaban J connectivity index is 1.87. The molecule has 0 fully saturated rings. The summed E-state index contributed by atoms with van der Waals surface area (Å²) >= 11 is 0. The van der Waals surface area contributed by atoms with Gasteiger partial charge in [0.05, 0.1) is 5.60 Å². The van der Waals surface area contributed by atoms with Crippen LogP contribution in [0.3, 0.4) is 0 Å². The average Bonchev–Trinajstić information content (AvgIpc) is 2.47. The summed E-state index contributed by atoms with van der Waals surface area (Å²) in [4.78, 5) is 4.02. The number of benzene rings is 1. The van der Waals surface area contributed by atoms with Gasteiger partial charge in [0.15, 0.2) is 0 Å². The van der Waals surface area contributed by atoms with Gasteiger partial charge in [0.1, 0.15) is 0 Å². The molecule has 2 nitrogen and oxygen atoms in total. The predicted molar refractivity (Wildman–Crippen MR) is 80.6 cm³/mol. The summed E-state index contributed by atoms with van der Waals surface area (Å²) in [5.74, 6) is 0. The summed E-state index contributed by atoms with van der Waals surface area (Å²) in [6.07, 6.45) is 9.06. The Morgan fingerprint density at radius 2 is 1.75 bits per heavy atom. The minimum Gasteiger partial charge on any atom is -0.385 e. The molecule has 20 heavy (non-hydrogen) atoms. The first kappa shape index (κ1) is 13.3. The van der Waals surface area contributed by atoms with Gasteiger partial charge >= 0.3 is 0 Å². The van der Waals surface area contributed by atoms with Crippen LogP contribution in [0.5, 0.6) is 0 Å². The van der Waals surface area contributed by atoms with Crippen LogP contribution in [0.1, 0.15) is 42.0 Å². The van der Waals surface area contributed by atoms with E-state index in [0.29, 0.717) is 6.42 Å². The van der Waals surface area contributed by atoms with Crippen LogP contribution >= 0.6 is 0 Å². The zero-order valence-corrected chi connectivity index (χ0v) is 12.0. The predicted octanol–water partition coefficient (Wildman–Crippen LogP) is 3.41. The largest absolute Gasteiger partial charge is 0.385 e. The number of pyridine rings is 1. The maximum absolute atomic E-state index is 10.8. The van der Waals surface area contributed by atoms with Crippen molar-refractivity contribution in [1.82, 2.24) is 4.98 Å². The topological polar surface area (TPSA) is 33.1 Å². The van der Waals surface area contributed by atoms with E-state index in [1.54, 1.807) is 12.4 Å². The lowest BCUT2D eigenvalue weighted by Gasteiger charge is -2.26. The third-order valence-corrected chi connectivity index (χ3v) is 4.27. The lowest BCUT2D eigenvalue weighted by atomic mass is 9.84.